The topological polar surface area (TPSA) is 41.1 Å². The Morgan fingerprint density at radius 2 is 1.91 bits per heavy atom. The molecule has 2 aromatic rings. The van der Waals surface area contributed by atoms with Crippen molar-refractivity contribution in [2.75, 3.05) is 5.32 Å². The van der Waals surface area contributed by atoms with Crippen molar-refractivity contribution in [1.82, 2.24) is 5.32 Å². The Balaban J connectivity index is 1.90. The summed E-state index contributed by atoms with van der Waals surface area (Å²) in [5.74, 6) is -0.208. The lowest BCUT2D eigenvalue weighted by Crippen LogP contribution is -2.34. The lowest BCUT2D eigenvalue weighted by molar-refractivity contribution is 0.0977. The number of aryl methyl sites for hydroxylation is 1. The summed E-state index contributed by atoms with van der Waals surface area (Å²) in [6.45, 7) is 2.19. The molecule has 0 atom stereocenters. The van der Waals surface area contributed by atoms with Crippen LogP contribution in [0.25, 0.3) is 0 Å². The van der Waals surface area contributed by atoms with E-state index in [1.165, 1.54) is 18.4 Å². The van der Waals surface area contributed by atoms with E-state index in [2.05, 4.69) is 52.3 Å². The van der Waals surface area contributed by atoms with Gasteiger partial charge in [-0.25, -0.2) is 0 Å². The number of hydrogen-bond acceptors (Lipinski definition) is 2. The molecule has 2 aromatic carbocycles. The summed E-state index contributed by atoms with van der Waals surface area (Å²) < 4.78 is 1.01. The van der Waals surface area contributed by atoms with Gasteiger partial charge in [0.15, 0.2) is 5.11 Å². The fourth-order valence-electron chi connectivity index (χ4n) is 2.10. The van der Waals surface area contributed by atoms with Crippen molar-refractivity contribution in [3.63, 3.8) is 0 Å². The second-order valence-corrected chi connectivity index (χ2v) is 6.87. The Hall–Kier alpha value is -1.47. The number of anilines is 1. The zero-order chi connectivity index (χ0) is 16.7. The maximum atomic E-state index is 12.1. The van der Waals surface area contributed by atoms with Gasteiger partial charge >= 0.3 is 0 Å². The summed E-state index contributed by atoms with van der Waals surface area (Å²) in [5, 5.41) is 6.04. The van der Waals surface area contributed by atoms with E-state index in [9.17, 15) is 4.79 Å². The van der Waals surface area contributed by atoms with Crippen molar-refractivity contribution in [3.8, 4) is 0 Å². The number of thiocarbonyl (C=S) groups is 1. The number of unbranched alkanes of at least 4 members (excludes halogenated alkanes) is 1. The summed E-state index contributed by atoms with van der Waals surface area (Å²) in [5.41, 5.74) is 2.78. The lowest BCUT2D eigenvalue weighted by atomic mass is 10.1. The molecule has 0 spiro atoms. The highest BCUT2D eigenvalue weighted by atomic mass is 127. The molecule has 0 unspecified atom stereocenters. The van der Waals surface area contributed by atoms with Crippen LogP contribution < -0.4 is 10.6 Å². The van der Waals surface area contributed by atoms with Crippen LogP contribution in [0.15, 0.2) is 48.5 Å². The molecule has 0 saturated carbocycles. The summed E-state index contributed by atoms with van der Waals surface area (Å²) in [6, 6.07) is 15.5. The van der Waals surface area contributed by atoms with Crippen molar-refractivity contribution >= 4 is 51.5 Å². The third-order valence-corrected chi connectivity index (χ3v) is 4.22. The van der Waals surface area contributed by atoms with E-state index in [1.807, 2.05) is 30.3 Å². The Bertz CT molecular complexity index is 686. The minimum Gasteiger partial charge on any atom is -0.332 e. The third kappa shape index (κ3) is 5.91. The zero-order valence-electron chi connectivity index (χ0n) is 12.9. The highest BCUT2D eigenvalue weighted by Gasteiger charge is 2.08. The van der Waals surface area contributed by atoms with Gasteiger partial charge in [0.2, 0.25) is 0 Å². The molecule has 0 saturated heterocycles. The van der Waals surface area contributed by atoms with E-state index in [0.717, 1.165) is 15.7 Å². The molecule has 120 valence electrons. The van der Waals surface area contributed by atoms with Gasteiger partial charge in [0.05, 0.1) is 0 Å². The van der Waals surface area contributed by atoms with E-state index >= 15 is 0 Å². The molecule has 0 bridgehead atoms. The van der Waals surface area contributed by atoms with E-state index in [4.69, 9.17) is 12.2 Å². The second-order valence-electron chi connectivity index (χ2n) is 5.22. The molecule has 0 radical (unpaired) electrons. The van der Waals surface area contributed by atoms with Gasteiger partial charge < -0.3 is 5.32 Å². The Morgan fingerprint density at radius 3 is 2.57 bits per heavy atom. The molecular weight excluding hydrogens is 419 g/mol. The van der Waals surface area contributed by atoms with Crippen molar-refractivity contribution < 1.29 is 4.79 Å². The van der Waals surface area contributed by atoms with Gasteiger partial charge in [-0.05, 0) is 83.5 Å². The lowest BCUT2D eigenvalue weighted by Gasteiger charge is -2.10. The third-order valence-electron chi connectivity index (χ3n) is 3.34. The van der Waals surface area contributed by atoms with Crippen LogP contribution in [0.5, 0.6) is 0 Å². The molecule has 1 amide bonds. The number of amides is 1. The van der Waals surface area contributed by atoms with Crippen LogP contribution in [-0.2, 0) is 6.42 Å². The first kappa shape index (κ1) is 17.9. The highest BCUT2D eigenvalue weighted by molar-refractivity contribution is 14.1. The van der Waals surface area contributed by atoms with Crippen LogP contribution in [0.1, 0.15) is 35.7 Å². The van der Waals surface area contributed by atoms with Crippen LogP contribution in [0.4, 0.5) is 5.69 Å². The van der Waals surface area contributed by atoms with E-state index in [-0.39, 0.29) is 5.91 Å². The Kier molecular flexibility index (Phi) is 6.98. The minimum absolute atomic E-state index is 0.208. The number of nitrogens with one attached hydrogen (secondary N) is 2. The normalized spacial score (nSPS) is 10.2. The van der Waals surface area contributed by atoms with Gasteiger partial charge in [0.25, 0.3) is 5.91 Å². The van der Waals surface area contributed by atoms with Gasteiger partial charge in [-0.3, -0.25) is 10.1 Å². The first-order chi connectivity index (χ1) is 11.1. The zero-order valence-corrected chi connectivity index (χ0v) is 15.9. The Morgan fingerprint density at radius 1 is 1.17 bits per heavy atom. The molecule has 5 heteroatoms. The second kappa shape index (κ2) is 8.98. The fourth-order valence-corrected chi connectivity index (χ4v) is 2.86. The molecule has 23 heavy (non-hydrogen) atoms. The summed E-state index contributed by atoms with van der Waals surface area (Å²) in [4.78, 5) is 12.1. The van der Waals surface area contributed by atoms with Crippen molar-refractivity contribution in [2.24, 2.45) is 0 Å². The molecule has 3 nitrogen and oxygen atoms in total. The average Bonchev–Trinajstić information content (AvgIpc) is 2.54. The molecule has 0 heterocycles. The predicted octanol–water partition coefficient (Wildman–Crippen LogP) is 4.76. The molecule has 0 aliphatic rings. The monoisotopic (exact) mass is 438 g/mol. The van der Waals surface area contributed by atoms with Gasteiger partial charge in [0, 0.05) is 14.8 Å². The standard InChI is InChI=1S/C18H19IN2OS/c1-2-3-5-13-8-10-16(11-9-13)20-18(23)21-17(22)14-6-4-7-15(19)12-14/h4,6-12H,2-3,5H2,1H3,(H2,20,21,22,23). The number of hydrogen-bond donors (Lipinski definition) is 2. The number of benzene rings is 2. The van der Waals surface area contributed by atoms with Crippen molar-refractivity contribution in [2.45, 2.75) is 26.2 Å². The summed E-state index contributed by atoms with van der Waals surface area (Å²) in [6.07, 6.45) is 3.47. The average molecular weight is 438 g/mol. The smallest absolute Gasteiger partial charge is 0.257 e. The molecular formula is C18H19IN2OS. The van der Waals surface area contributed by atoms with Crippen molar-refractivity contribution in [3.05, 3.63) is 63.2 Å². The molecule has 2 N–H and O–H groups in total. The molecule has 2 rings (SSSR count). The van der Waals surface area contributed by atoms with E-state index in [1.54, 1.807) is 6.07 Å². The summed E-state index contributed by atoms with van der Waals surface area (Å²) in [7, 11) is 0. The molecule has 0 aliphatic carbocycles. The number of carbonyl (C=O) groups is 1. The minimum atomic E-state index is -0.208. The number of carbonyl (C=O) groups excluding carboxylic acids is 1. The fraction of sp³-hybridized carbons (Fsp3) is 0.222. The maximum absolute atomic E-state index is 12.1. The van der Waals surface area contributed by atoms with E-state index < -0.39 is 0 Å². The number of halogens is 1. The van der Waals surface area contributed by atoms with Crippen LogP contribution in [-0.4, -0.2) is 11.0 Å². The SMILES string of the molecule is CCCCc1ccc(NC(=S)NC(=O)c2cccc(I)c2)cc1. The van der Waals surface area contributed by atoms with Crippen LogP contribution in [0.3, 0.4) is 0 Å². The van der Waals surface area contributed by atoms with Crippen LogP contribution in [0.2, 0.25) is 0 Å². The predicted molar refractivity (Wildman–Crippen MR) is 108 cm³/mol. The largest absolute Gasteiger partial charge is 0.332 e. The summed E-state index contributed by atoms with van der Waals surface area (Å²) >= 11 is 7.38. The van der Waals surface area contributed by atoms with Gasteiger partial charge in [0.1, 0.15) is 0 Å². The Labute approximate surface area is 156 Å². The van der Waals surface area contributed by atoms with Gasteiger partial charge in [-0.2, -0.15) is 0 Å². The van der Waals surface area contributed by atoms with Crippen LogP contribution >= 0.6 is 34.8 Å². The quantitative estimate of drug-likeness (QED) is 0.523. The molecule has 0 aromatic heterocycles. The van der Waals surface area contributed by atoms with Gasteiger partial charge in [-0.1, -0.05) is 31.5 Å². The first-order valence-electron chi connectivity index (χ1n) is 7.55. The maximum Gasteiger partial charge on any atom is 0.257 e. The first-order valence-corrected chi connectivity index (χ1v) is 9.04. The van der Waals surface area contributed by atoms with E-state index in [0.29, 0.717) is 10.7 Å². The van der Waals surface area contributed by atoms with Gasteiger partial charge in [-0.15, -0.1) is 0 Å². The number of rotatable bonds is 5. The molecule has 0 fully saturated rings. The van der Waals surface area contributed by atoms with Crippen LogP contribution in [0, 0.1) is 3.57 Å². The highest BCUT2D eigenvalue weighted by Crippen LogP contribution is 2.12. The van der Waals surface area contributed by atoms with Crippen molar-refractivity contribution in [1.29, 1.82) is 0 Å². The molecule has 0 aliphatic heterocycles.